The lowest BCUT2D eigenvalue weighted by Crippen LogP contribution is -2.49. The van der Waals surface area contributed by atoms with Crippen LogP contribution >= 0.6 is 0 Å². The summed E-state index contributed by atoms with van der Waals surface area (Å²) in [6, 6.07) is 6.87. The molecule has 1 fully saturated rings. The standard InChI is InChI=1S/C17H24N2O5/c20-15-7-2-1-5-13(15)9-18(11-16(21)22)10-14-6-3-4-8-19(14)12-17(23)24/h1-2,5,7,14,20H,3-4,6,8-12H2,(H,21,22)(H,23,24). The number of rotatable bonds is 8. The molecule has 3 N–H and O–H groups in total. The van der Waals surface area contributed by atoms with Crippen LogP contribution in [0.15, 0.2) is 24.3 Å². The molecule has 0 spiro atoms. The van der Waals surface area contributed by atoms with E-state index in [0.717, 1.165) is 19.3 Å². The van der Waals surface area contributed by atoms with Gasteiger partial charge in [0.2, 0.25) is 0 Å². The maximum absolute atomic E-state index is 11.2. The van der Waals surface area contributed by atoms with E-state index in [2.05, 4.69) is 0 Å². The summed E-state index contributed by atoms with van der Waals surface area (Å²) < 4.78 is 0. The average molecular weight is 336 g/mol. The number of hydrogen-bond acceptors (Lipinski definition) is 5. The highest BCUT2D eigenvalue weighted by Crippen LogP contribution is 2.21. The first-order valence-corrected chi connectivity index (χ1v) is 8.12. The summed E-state index contributed by atoms with van der Waals surface area (Å²) in [4.78, 5) is 25.9. The van der Waals surface area contributed by atoms with Crippen LogP contribution in [-0.2, 0) is 16.1 Å². The van der Waals surface area contributed by atoms with E-state index in [0.29, 0.717) is 25.2 Å². The van der Waals surface area contributed by atoms with Gasteiger partial charge >= 0.3 is 11.9 Å². The first-order chi connectivity index (χ1) is 11.5. The smallest absolute Gasteiger partial charge is 0.317 e. The Kier molecular flexibility index (Phi) is 6.57. The lowest BCUT2D eigenvalue weighted by Gasteiger charge is -2.37. The first-order valence-electron chi connectivity index (χ1n) is 8.12. The third-order valence-corrected chi connectivity index (χ3v) is 4.30. The quantitative estimate of drug-likeness (QED) is 0.656. The van der Waals surface area contributed by atoms with Gasteiger partial charge in [-0.2, -0.15) is 0 Å². The van der Waals surface area contributed by atoms with E-state index < -0.39 is 11.9 Å². The van der Waals surface area contributed by atoms with Gasteiger partial charge in [0.15, 0.2) is 0 Å². The molecule has 7 nitrogen and oxygen atoms in total. The van der Waals surface area contributed by atoms with Gasteiger partial charge in [-0.05, 0) is 25.5 Å². The SMILES string of the molecule is O=C(O)CN(Cc1ccccc1O)CC1CCCCN1CC(=O)O. The number of likely N-dealkylation sites (tertiary alicyclic amines) is 1. The number of carboxylic acid groups (broad SMARTS) is 2. The fourth-order valence-electron chi connectivity index (χ4n) is 3.21. The third-order valence-electron chi connectivity index (χ3n) is 4.30. The van der Waals surface area contributed by atoms with Crippen molar-refractivity contribution in [2.45, 2.75) is 31.8 Å². The van der Waals surface area contributed by atoms with Gasteiger partial charge in [-0.15, -0.1) is 0 Å². The second kappa shape index (κ2) is 8.65. The Bertz CT molecular complexity index is 578. The van der Waals surface area contributed by atoms with E-state index in [-0.39, 0.29) is 24.9 Å². The molecule has 1 unspecified atom stereocenters. The topological polar surface area (TPSA) is 101 Å². The van der Waals surface area contributed by atoms with E-state index in [1.165, 1.54) is 0 Å². The van der Waals surface area contributed by atoms with Crippen LogP contribution in [0.25, 0.3) is 0 Å². The van der Waals surface area contributed by atoms with Gasteiger partial charge in [0.1, 0.15) is 5.75 Å². The zero-order valence-corrected chi connectivity index (χ0v) is 13.6. The Balaban J connectivity index is 2.07. The number of aliphatic carboxylic acids is 2. The second-order valence-corrected chi connectivity index (χ2v) is 6.21. The number of phenolic OH excluding ortho intramolecular Hbond substituents is 1. The van der Waals surface area contributed by atoms with Crippen LogP contribution in [0.2, 0.25) is 0 Å². The molecule has 0 radical (unpaired) electrons. The molecular weight excluding hydrogens is 312 g/mol. The molecule has 1 atom stereocenters. The molecule has 1 aromatic carbocycles. The molecule has 0 saturated carbocycles. The van der Waals surface area contributed by atoms with Gasteiger partial charge in [-0.3, -0.25) is 19.4 Å². The van der Waals surface area contributed by atoms with Gasteiger partial charge in [0.05, 0.1) is 13.1 Å². The highest BCUT2D eigenvalue weighted by molar-refractivity contribution is 5.69. The molecule has 0 amide bonds. The van der Waals surface area contributed by atoms with Crippen molar-refractivity contribution in [3.8, 4) is 5.75 Å². The Morgan fingerprint density at radius 2 is 1.92 bits per heavy atom. The van der Waals surface area contributed by atoms with Crippen molar-refractivity contribution >= 4 is 11.9 Å². The van der Waals surface area contributed by atoms with E-state index in [9.17, 15) is 14.7 Å². The molecule has 1 aliphatic rings. The molecule has 1 aliphatic heterocycles. The molecule has 1 aromatic rings. The van der Waals surface area contributed by atoms with E-state index in [1.807, 2.05) is 4.90 Å². The second-order valence-electron chi connectivity index (χ2n) is 6.21. The van der Waals surface area contributed by atoms with Gasteiger partial charge in [-0.1, -0.05) is 24.6 Å². The maximum atomic E-state index is 11.2. The Hall–Kier alpha value is -2.12. The van der Waals surface area contributed by atoms with Gasteiger partial charge in [-0.25, -0.2) is 0 Å². The normalized spacial score (nSPS) is 18.6. The number of phenols is 1. The number of piperidine rings is 1. The molecule has 2 rings (SSSR count). The van der Waals surface area contributed by atoms with Crippen LogP contribution in [0.1, 0.15) is 24.8 Å². The Morgan fingerprint density at radius 1 is 1.17 bits per heavy atom. The molecule has 24 heavy (non-hydrogen) atoms. The lowest BCUT2D eigenvalue weighted by atomic mass is 10.0. The van der Waals surface area contributed by atoms with Crippen LogP contribution in [0, 0.1) is 0 Å². The van der Waals surface area contributed by atoms with Crippen molar-refractivity contribution in [1.29, 1.82) is 0 Å². The lowest BCUT2D eigenvalue weighted by molar-refractivity contribution is -0.141. The zero-order valence-electron chi connectivity index (χ0n) is 13.6. The number of para-hydroxylation sites is 1. The van der Waals surface area contributed by atoms with E-state index in [4.69, 9.17) is 10.2 Å². The van der Waals surface area contributed by atoms with Crippen molar-refractivity contribution in [2.24, 2.45) is 0 Å². The minimum Gasteiger partial charge on any atom is -0.508 e. The van der Waals surface area contributed by atoms with Gasteiger partial charge in [0, 0.05) is 24.7 Å². The number of carboxylic acids is 2. The molecule has 132 valence electrons. The number of nitrogens with zero attached hydrogens (tertiary/aromatic N) is 2. The molecule has 7 heteroatoms. The minimum atomic E-state index is -0.939. The number of hydrogen-bond donors (Lipinski definition) is 3. The molecule has 0 aromatic heterocycles. The predicted molar refractivity (Wildman–Crippen MR) is 87.9 cm³/mol. The fourth-order valence-corrected chi connectivity index (χ4v) is 3.21. The number of benzene rings is 1. The van der Waals surface area contributed by atoms with Crippen molar-refractivity contribution in [3.63, 3.8) is 0 Å². The summed E-state index contributed by atoms with van der Waals surface area (Å²) in [7, 11) is 0. The first kappa shape index (κ1) is 18.2. The van der Waals surface area contributed by atoms with E-state index in [1.54, 1.807) is 29.2 Å². The van der Waals surface area contributed by atoms with Crippen LogP contribution < -0.4 is 0 Å². The van der Waals surface area contributed by atoms with Gasteiger partial charge in [0.25, 0.3) is 0 Å². The highest BCUT2D eigenvalue weighted by Gasteiger charge is 2.27. The van der Waals surface area contributed by atoms with Gasteiger partial charge < -0.3 is 15.3 Å². The number of aromatic hydroxyl groups is 1. The summed E-state index contributed by atoms with van der Waals surface area (Å²) in [5.41, 5.74) is 0.666. The van der Waals surface area contributed by atoms with Crippen molar-refractivity contribution in [3.05, 3.63) is 29.8 Å². The third kappa shape index (κ3) is 5.50. The Labute approximate surface area is 141 Å². The molecular formula is C17H24N2O5. The minimum absolute atomic E-state index is 0.0139. The monoisotopic (exact) mass is 336 g/mol. The van der Waals surface area contributed by atoms with Crippen LogP contribution in [0.3, 0.4) is 0 Å². The summed E-state index contributed by atoms with van der Waals surface area (Å²) in [5, 5.41) is 28.1. The maximum Gasteiger partial charge on any atom is 0.317 e. The highest BCUT2D eigenvalue weighted by atomic mass is 16.4. The summed E-state index contributed by atoms with van der Waals surface area (Å²) in [6.45, 7) is 1.33. The summed E-state index contributed by atoms with van der Waals surface area (Å²) in [5.74, 6) is -1.67. The fraction of sp³-hybridized carbons (Fsp3) is 0.529. The average Bonchev–Trinajstić information content (AvgIpc) is 2.50. The van der Waals surface area contributed by atoms with E-state index >= 15 is 0 Å². The summed E-state index contributed by atoms with van der Waals surface area (Å²) in [6.07, 6.45) is 2.82. The Morgan fingerprint density at radius 3 is 2.58 bits per heavy atom. The van der Waals surface area contributed by atoms with Crippen molar-refractivity contribution in [2.75, 3.05) is 26.2 Å². The summed E-state index contributed by atoms with van der Waals surface area (Å²) >= 11 is 0. The van der Waals surface area contributed by atoms with Crippen molar-refractivity contribution < 1.29 is 24.9 Å². The largest absolute Gasteiger partial charge is 0.508 e. The van der Waals surface area contributed by atoms with Crippen molar-refractivity contribution in [1.82, 2.24) is 9.80 Å². The van der Waals surface area contributed by atoms with Crippen LogP contribution in [-0.4, -0.2) is 69.3 Å². The molecule has 0 aliphatic carbocycles. The molecule has 0 bridgehead atoms. The zero-order chi connectivity index (χ0) is 17.5. The predicted octanol–water partition coefficient (Wildman–Crippen LogP) is 1.22. The molecule has 1 heterocycles. The van der Waals surface area contributed by atoms with Crippen LogP contribution in [0.4, 0.5) is 0 Å². The molecule has 1 saturated heterocycles. The number of carbonyl (C=O) groups is 2. The van der Waals surface area contributed by atoms with Crippen LogP contribution in [0.5, 0.6) is 5.75 Å².